The molecule has 0 bridgehead atoms. The van der Waals surface area contributed by atoms with E-state index in [4.69, 9.17) is 4.74 Å². The third-order valence-corrected chi connectivity index (χ3v) is 4.51. The van der Waals surface area contributed by atoms with Crippen LogP contribution in [0.4, 0.5) is 0 Å². The van der Waals surface area contributed by atoms with E-state index in [1.807, 2.05) is 6.92 Å². The molecule has 6 heteroatoms. The van der Waals surface area contributed by atoms with Crippen LogP contribution in [0.25, 0.3) is 0 Å². The number of phenols is 1. The molecule has 1 aromatic rings. The average molecular weight is 344 g/mol. The van der Waals surface area contributed by atoms with Gasteiger partial charge in [-0.25, -0.2) is 0 Å². The minimum atomic E-state index is -0.621. The Balaban J connectivity index is 2.21. The Bertz CT molecular complexity index is 532. The Morgan fingerprint density at radius 2 is 2.15 bits per heavy atom. The first-order valence-electron chi connectivity index (χ1n) is 6.47. The van der Waals surface area contributed by atoms with Gasteiger partial charge in [-0.2, -0.15) is 0 Å². The molecule has 1 fully saturated rings. The number of rotatable bonds is 2. The van der Waals surface area contributed by atoms with Crippen LogP contribution in [0.1, 0.15) is 27.9 Å². The van der Waals surface area contributed by atoms with E-state index >= 15 is 0 Å². The van der Waals surface area contributed by atoms with E-state index < -0.39 is 18.1 Å². The highest BCUT2D eigenvalue weighted by Gasteiger charge is 2.27. The van der Waals surface area contributed by atoms with Crippen LogP contribution < -0.4 is 5.32 Å². The number of carbonyl (C=O) groups is 1. The van der Waals surface area contributed by atoms with Crippen molar-refractivity contribution in [3.8, 4) is 5.75 Å². The summed E-state index contributed by atoms with van der Waals surface area (Å²) in [6.07, 6.45) is -0.127. The topological polar surface area (TPSA) is 78.8 Å². The zero-order valence-corrected chi connectivity index (χ0v) is 13.0. The summed E-state index contributed by atoms with van der Waals surface area (Å²) in [6, 6.07) is 1.14. The Hall–Kier alpha value is -1.11. The molecule has 0 saturated carbocycles. The quantitative estimate of drug-likeness (QED) is 0.762. The summed E-state index contributed by atoms with van der Waals surface area (Å²) in [5, 5.41) is 22.6. The standard InChI is InChI=1S/C14H18BrNO4/c1-7-8(2)13(18)9(5-10(7)15)14(19)16-11-6-20-4-3-12(11)17/h5,11-12,17-18H,3-4,6H2,1-2H3,(H,16,19)/t11-,12-/m0/s1. The fourth-order valence-electron chi connectivity index (χ4n) is 2.15. The Morgan fingerprint density at radius 3 is 2.80 bits per heavy atom. The minimum absolute atomic E-state index is 0.0329. The second kappa shape index (κ2) is 6.11. The number of aromatic hydroxyl groups is 1. The monoisotopic (exact) mass is 343 g/mol. The molecule has 20 heavy (non-hydrogen) atoms. The highest BCUT2D eigenvalue weighted by atomic mass is 79.9. The first kappa shape index (κ1) is 15.3. The van der Waals surface area contributed by atoms with Gasteiger partial charge >= 0.3 is 0 Å². The number of nitrogens with one attached hydrogen (secondary N) is 1. The molecule has 0 aliphatic carbocycles. The van der Waals surface area contributed by atoms with Crippen molar-refractivity contribution in [2.45, 2.75) is 32.4 Å². The van der Waals surface area contributed by atoms with Gasteiger partial charge in [0.05, 0.1) is 24.3 Å². The Labute approximate surface area is 126 Å². The first-order chi connectivity index (χ1) is 9.41. The molecule has 3 N–H and O–H groups in total. The van der Waals surface area contributed by atoms with E-state index in [1.54, 1.807) is 13.0 Å². The number of halogens is 1. The number of hydrogen-bond donors (Lipinski definition) is 3. The molecule has 0 spiro atoms. The van der Waals surface area contributed by atoms with E-state index in [0.717, 1.165) is 10.0 Å². The van der Waals surface area contributed by atoms with E-state index in [-0.39, 0.29) is 17.9 Å². The van der Waals surface area contributed by atoms with Gasteiger partial charge in [0.15, 0.2) is 0 Å². The molecular weight excluding hydrogens is 326 g/mol. The summed E-state index contributed by atoms with van der Waals surface area (Å²) in [4.78, 5) is 12.2. The van der Waals surface area contributed by atoms with Crippen molar-refractivity contribution in [1.29, 1.82) is 0 Å². The number of carbonyl (C=O) groups excluding carboxylic acids is 1. The fraction of sp³-hybridized carbons (Fsp3) is 0.500. The van der Waals surface area contributed by atoms with Gasteiger partial charge in [0, 0.05) is 11.1 Å². The lowest BCUT2D eigenvalue weighted by atomic mass is 10.0. The van der Waals surface area contributed by atoms with Crippen LogP contribution in [0.2, 0.25) is 0 Å². The lowest BCUT2D eigenvalue weighted by Crippen LogP contribution is -2.49. The van der Waals surface area contributed by atoms with E-state index in [9.17, 15) is 15.0 Å². The van der Waals surface area contributed by atoms with Gasteiger partial charge in [-0.3, -0.25) is 4.79 Å². The van der Waals surface area contributed by atoms with Crippen molar-refractivity contribution in [2.75, 3.05) is 13.2 Å². The summed E-state index contributed by atoms with van der Waals surface area (Å²) in [5.41, 5.74) is 1.74. The smallest absolute Gasteiger partial charge is 0.255 e. The summed E-state index contributed by atoms with van der Waals surface area (Å²) in [5.74, 6) is -0.449. The molecule has 2 rings (SSSR count). The third-order valence-electron chi connectivity index (χ3n) is 3.68. The van der Waals surface area contributed by atoms with Gasteiger partial charge in [0.25, 0.3) is 5.91 Å². The summed E-state index contributed by atoms with van der Waals surface area (Å²) >= 11 is 3.37. The molecule has 1 aliphatic rings. The lowest BCUT2D eigenvalue weighted by Gasteiger charge is -2.28. The zero-order chi connectivity index (χ0) is 14.9. The summed E-state index contributed by atoms with van der Waals surface area (Å²) < 4.78 is 6.00. The van der Waals surface area contributed by atoms with Crippen molar-refractivity contribution in [3.63, 3.8) is 0 Å². The van der Waals surface area contributed by atoms with Crippen LogP contribution in [0, 0.1) is 13.8 Å². The van der Waals surface area contributed by atoms with Gasteiger partial charge in [-0.1, -0.05) is 15.9 Å². The van der Waals surface area contributed by atoms with Gasteiger partial charge in [0.1, 0.15) is 5.75 Å². The molecule has 0 aromatic heterocycles. The molecule has 0 unspecified atom stereocenters. The normalized spacial score (nSPS) is 22.6. The molecule has 1 aliphatic heterocycles. The predicted molar refractivity (Wildman–Crippen MR) is 78.0 cm³/mol. The minimum Gasteiger partial charge on any atom is -0.507 e. The number of aliphatic hydroxyl groups is 1. The predicted octanol–water partition coefficient (Wildman–Crippen LogP) is 1.65. The van der Waals surface area contributed by atoms with Crippen LogP contribution in [0.5, 0.6) is 5.75 Å². The molecule has 110 valence electrons. The van der Waals surface area contributed by atoms with Crippen molar-refractivity contribution in [2.24, 2.45) is 0 Å². The second-order valence-electron chi connectivity index (χ2n) is 5.02. The molecule has 1 amide bonds. The van der Waals surface area contributed by atoms with E-state index in [2.05, 4.69) is 21.2 Å². The Kier molecular flexibility index (Phi) is 4.67. The first-order valence-corrected chi connectivity index (χ1v) is 7.26. The van der Waals surface area contributed by atoms with Crippen LogP contribution >= 0.6 is 15.9 Å². The third kappa shape index (κ3) is 2.97. The number of amides is 1. The fourth-order valence-corrected chi connectivity index (χ4v) is 2.67. The van der Waals surface area contributed by atoms with Crippen molar-refractivity contribution in [1.82, 2.24) is 5.32 Å². The van der Waals surface area contributed by atoms with Crippen molar-refractivity contribution >= 4 is 21.8 Å². The Morgan fingerprint density at radius 1 is 1.45 bits per heavy atom. The molecule has 0 radical (unpaired) electrons. The van der Waals surface area contributed by atoms with Gasteiger partial charge in [0.2, 0.25) is 0 Å². The van der Waals surface area contributed by atoms with Gasteiger partial charge in [-0.15, -0.1) is 0 Å². The van der Waals surface area contributed by atoms with Crippen molar-refractivity contribution in [3.05, 3.63) is 27.2 Å². The number of ether oxygens (including phenoxy) is 1. The van der Waals surface area contributed by atoms with Gasteiger partial charge in [-0.05, 0) is 37.5 Å². The molecule has 1 heterocycles. The average Bonchev–Trinajstić information content (AvgIpc) is 2.43. The maximum atomic E-state index is 12.2. The number of phenolic OH excluding ortho intramolecular Hbond substituents is 1. The summed E-state index contributed by atoms with van der Waals surface area (Å²) in [7, 11) is 0. The number of aliphatic hydroxyl groups excluding tert-OH is 1. The van der Waals surface area contributed by atoms with E-state index in [0.29, 0.717) is 18.6 Å². The molecule has 1 aromatic carbocycles. The highest BCUT2D eigenvalue weighted by molar-refractivity contribution is 9.10. The lowest BCUT2D eigenvalue weighted by molar-refractivity contribution is -0.0140. The largest absolute Gasteiger partial charge is 0.507 e. The van der Waals surface area contributed by atoms with Crippen LogP contribution in [-0.4, -0.2) is 41.5 Å². The highest BCUT2D eigenvalue weighted by Crippen LogP contribution is 2.31. The van der Waals surface area contributed by atoms with Crippen LogP contribution in [-0.2, 0) is 4.74 Å². The molecule has 1 saturated heterocycles. The maximum absolute atomic E-state index is 12.2. The molecule has 5 nitrogen and oxygen atoms in total. The molecule has 2 atom stereocenters. The SMILES string of the molecule is Cc1c(Br)cc(C(=O)N[C@H]2COCC[C@@H]2O)c(O)c1C. The summed E-state index contributed by atoms with van der Waals surface area (Å²) in [6.45, 7) is 4.39. The van der Waals surface area contributed by atoms with Gasteiger partial charge < -0.3 is 20.3 Å². The second-order valence-corrected chi connectivity index (χ2v) is 5.87. The number of hydrogen-bond acceptors (Lipinski definition) is 4. The molecular formula is C14H18BrNO4. The van der Waals surface area contributed by atoms with Crippen molar-refractivity contribution < 1.29 is 19.7 Å². The van der Waals surface area contributed by atoms with Crippen LogP contribution in [0.3, 0.4) is 0 Å². The number of benzene rings is 1. The zero-order valence-electron chi connectivity index (χ0n) is 11.4. The van der Waals surface area contributed by atoms with E-state index in [1.165, 1.54) is 0 Å². The van der Waals surface area contributed by atoms with Crippen LogP contribution in [0.15, 0.2) is 10.5 Å². The maximum Gasteiger partial charge on any atom is 0.255 e.